The fraction of sp³-hybridized carbons (Fsp3) is 0.300. The Morgan fingerprint density at radius 3 is 2.25 bits per heavy atom. The van der Waals surface area contributed by atoms with Gasteiger partial charge in [0, 0.05) is 23.3 Å². The van der Waals surface area contributed by atoms with E-state index < -0.39 is 9.05 Å². The quantitative estimate of drug-likeness (QED) is 0.830. The first-order valence-electron chi connectivity index (χ1n) is 4.55. The number of anilines is 1. The van der Waals surface area contributed by atoms with E-state index in [2.05, 4.69) is 5.32 Å². The summed E-state index contributed by atoms with van der Waals surface area (Å²) in [6.45, 7) is 4.72. The Kier molecular flexibility index (Phi) is 3.60. The van der Waals surface area contributed by atoms with Crippen molar-refractivity contribution in [2.45, 2.75) is 25.7 Å². The molecular formula is C10H12ClNO3S. The maximum atomic E-state index is 11.2. The van der Waals surface area contributed by atoms with Crippen molar-refractivity contribution in [3.63, 3.8) is 0 Å². The highest BCUT2D eigenvalue weighted by Crippen LogP contribution is 2.26. The Hall–Kier alpha value is -1.07. The van der Waals surface area contributed by atoms with Gasteiger partial charge in [-0.25, -0.2) is 8.42 Å². The molecule has 0 radical (unpaired) electrons. The van der Waals surface area contributed by atoms with Gasteiger partial charge in [-0.15, -0.1) is 0 Å². The van der Waals surface area contributed by atoms with Gasteiger partial charge in [-0.05, 0) is 37.1 Å². The predicted molar refractivity (Wildman–Crippen MR) is 63.3 cm³/mol. The Morgan fingerprint density at radius 2 is 1.81 bits per heavy atom. The number of aryl methyl sites for hydroxylation is 2. The zero-order valence-electron chi connectivity index (χ0n) is 9.17. The molecule has 0 spiro atoms. The molecule has 1 amide bonds. The van der Waals surface area contributed by atoms with Gasteiger partial charge in [0.1, 0.15) is 0 Å². The zero-order chi connectivity index (χ0) is 12.5. The average Bonchev–Trinajstić information content (AvgIpc) is 2.07. The van der Waals surface area contributed by atoms with Gasteiger partial charge in [0.2, 0.25) is 5.91 Å². The lowest BCUT2D eigenvalue weighted by Gasteiger charge is -2.10. The van der Waals surface area contributed by atoms with Gasteiger partial charge in [-0.3, -0.25) is 4.79 Å². The lowest BCUT2D eigenvalue weighted by Crippen LogP contribution is -2.08. The number of amides is 1. The summed E-state index contributed by atoms with van der Waals surface area (Å²) in [5.41, 5.74) is 1.75. The number of nitrogens with one attached hydrogen (secondary N) is 1. The largest absolute Gasteiger partial charge is 0.326 e. The molecule has 0 bridgehead atoms. The summed E-state index contributed by atoms with van der Waals surface area (Å²) in [5.74, 6) is -0.205. The molecule has 0 aliphatic rings. The van der Waals surface area contributed by atoms with Gasteiger partial charge in [-0.1, -0.05) is 0 Å². The van der Waals surface area contributed by atoms with E-state index in [9.17, 15) is 13.2 Å². The molecule has 16 heavy (non-hydrogen) atoms. The SMILES string of the molecule is CC(=O)Nc1cc(C)c(S(=O)(=O)Cl)cc1C. The summed E-state index contributed by atoms with van der Waals surface area (Å²) in [6, 6.07) is 3.04. The van der Waals surface area contributed by atoms with Crippen LogP contribution in [0.2, 0.25) is 0 Å². The molecule has 4 nitrogen and oxygen atoms in total. The van der Waals surface area contributed by atoms with Crippen LogP contribution in [0, 0.1) is 13.8 Å². The predicted octanol–water partition coefficient (Wildman–Crippen LogP) is 2.19. The summed E-state index contributed by atoms with van der Waals surface area (Å²) >= 11 is 0. The topological polar surface area (TPSA) is 63.2 Å². The minimum absolute atomic E-state index is 0.0702. The second-order valence-electron chi connectivity index (χ2n) is 3.55. The second kappa shape index (κ2) is 4.43. The van der Waals surface area contributed by atoms with Crippen LogP contribution in [-0.2, 0) is 13.8 Å². The molecule has 0 saturated carbocycles. The maximum absolute atomic E-state index is 11.2. The normalized spacial score (nSPS) is 11.2. The fourth-order valence-corrected chi connectivity index (χ4v) is 2.64. The van der Waals surface area contributed by atoms with Gasteiger partial charge in [0.05, 0.1) is 4.90 Å². The van der Waals surface area contributed by atoms with Crippen molar-refractivity contribution in [1.82, 2.24) is 0 Å². The molecule has 1 N–H and O–H groups in total. The van der Waals surface area contributed by atoms with Crippen LogP contribution < -0.4 is 5.32 Å². The van der Waals surface area contributed by atoms with Gasteiger partial charge in [0.25, 0.3) is 9.05 Å². The van der Waals surface area contributed by atoms with Crippen molar-refractivity contribution in [3.05, 3.63) is 23.3 Å². The molecule has 0 saturated heterocycles. The first-order chi connectivity index (χ1) is 7.21. The Bertz CT molecular complexity index is 537. The van der Waals surface area contributed by atoms with Gasteiger partial charge < -0.3 is 5.32 Å². The van der Waals surface area contributed by atoms with Gasteiger partial charge in [-0.2, -0.15) is 0 Å². The van der Waals surface area contributed by atoms with Crippen molar-refractivity contribution >= 4 is 31.3 Å². The summed E-state index contributed by atoms with van der Waals surface area (Å²) in [5, 5.41) is 2.62. The van der Waals surface area contributed by atoms with Crippen molar-refractivity contribution in [3.8, 4) is 0 Å². The molecule has 0 heterocycles. The van der Waals surface area contributed by atoms with Crippen LogP contribution >= 0.6 is 10.7 Å². The lowest BCUT2D eigenvalue weighted by atomic mass is 10.1. The first-order valence-corrected chi connectivity index (χ1v) is 6.86. The molecule has 1 rings (SSSR count). The first kappa shape index (κ1) is 13.0. The standard InChI is InChI=1S/C10H12ClNO3S/c1-6-5-10(16(11,14)15)7(2)4-9(6)12-8(3)13/h4-5H,1-3H3,(H,12,13). The third-order valence-electron chi connectivity index (χ3n) is 2.10. The molecule has 0 fully saturated rings. The molecule has 1 aromatic carbocycles. The molecule has 1 aromatic rings. The van der Waals surface area contributed by atoms with Crippen LogP contribution in [0.4, 0.5) is 5.69 Å². The monoisotopic (exact) mass is 261 g/mol. The molecule has 0 aliphatic heterocycles. The molecule has 88 valence electrons. The Labute approximate surface area is 99.0 Å². The van der Waals surface area contributed by atoms with Crippen molar-refractivity contribution < 1.29 is 13.2 Å². The molecule has 0 unspecified atom stereocenters. The van der Waals surface area contributed by atoms with Crippen LogP contribution in [0.3, 0.4) is 0 Å². The average molecular weight is 262 g/mol. The van der Waals surface area contributed by atoms with E-state index in [1.165, 1.54) is 13.0 Å². The Balaban J connectivity index is 3.33. The highest BCUT2D eigenvalue weighted by atomic mass is 35.7. The van der Waals surface area contributed by atoms with Gasteiger partial charge in [0.15, 0.2) is 0 Å². The number of carbonyl (C=O) groups is 1. The summed E-state index contributed by atoms with van der Waals surface area (Å²) in [4.78, 5) is 11.0. The van der Waals surface area contributed by atoms with Crippen LogP contribution in [0.25, 0.3) is 0 Å². The molecular weight excluding hydrogens is 250 g/mol. The van der Waals surface area contributed by atoms with Crippen LogP contribution in [0.1, 0.15) is 18.1 Å². The van der Waals surface area contributed by atoms with E-state index in [0.717, 1.165) is 0 Å². The number of carbonyl (C=O) groups excluding carboxylic acids is 1. The van der Waals surface area contributed by atoms with E-state index in [1.54, 1.807) is 19.9 Å². The summed E-state index contributed by atoms with van der Waals surface area (Å²) < 4.78 is 22.4. The highest BCUT2D eigenvalue weighted by Gasteiger charge is 2.15. The van der Waals surface area contributed by atoms with E-state index in [-0.39, 0.29) is 10.8 Å². The van der Waals surface area contributed by atoms with Crippen LogP contribution in [-0.4, -0.2) is 14.3 Å². The Morgan fingerprint density at radius 1 is 1.25 bits per heavy atom. The maximum Gasteiger partial charge on any atom is 0.261 e. The van der Waals surface area contributed by atoms with Crippen LogP contribution in [0.15, 0.2) is 17.0 Å². The smallest absolute Gasteiger partial charge is 0.261 e. The fourth-order valence-electron chi connectivity index (χ4n) is 1.38. The third-order valence-corrected chi connectivity index (χ3v) is 3.56. The number of benzene rings is 1. The summed E-state index contributed by atoms with van der Waals surface area (Å²) in [6.07, 6.45) is 0. The molecule has 0 aliphatic carbocycles. The lowest BCUT2D eigenvalue weighted by molar-refractivity contribution is -0.114. The number of hydrogen-bond acceptors (Lipinski definition) is 3. The van der Waals surface area contributed by atoms with Crippen LogP contribution in [0.5, 0.6) is 0 Å². The number of halogens is 1. The minimum Gasteiger partial charge on any atom is -0.326 e. The second-order valence-corrected chi connectivity index (χ2v) is 6.09. The van der Waals surface area contributed by atoms with E-state index in [1.807, 2.05) is 0 Å². The highest BCUT2D eigenvalue weighted by molar-refractivity contribution is 8.13. The van der Waals surface area contributed by atoms with Gasteiger partial charge >= 0.3 is 0 Å². The zero-order valence-corrected chi connectivity index (χ0v) is 10.7. The molecule has 6 heteroatoms. The van der Waals surface area contributed by atoms with Crippen molar-refractivity contribution in [1.29, 1.82) is 0 Å². The number of rotatable bonds is 2. The third kappa shape index (κ3) is 2.96. The van der Waals surface area contributed by atoms with E-state index in [0.29, 0.717) is 16.8 Å². The minimum atomic E-state index is -3.74. The molecule has 0 atom stereocenters. The number of hydrogen-bond donors (Lipinski definition) is 1. The van der Waals surface area contributed by atoms with Crippen molar-refractivity contribution in [2.24, 2.45) is 0 Å². The molecule has 0 aromatic heterocycles. The summed E-state index contributed by atoms with van der Waals surface area (Å²) in [7, 11) is 1.54. The van der Waals surface area contributed by atoms with E-state index in [4.69, 9.17) is 10.7 Å². The van der Waals surface area contributed by atoms with Crippen molar-refractivity contribution in [2.75, 3.05) is 5.32 Å². The van der Waals surface area contributed by atoms with E-state index >= 15 is 0 Å².